The molecule has 1 atom stereocenters. The van der Waals surface area contributed by atoms with Gasteiger partial charge in [0.15, 0.2) is 0 Å². The first-order valence-corrected chi connectivity index (χ1v) is 14.8. The summed E-state index contributed by atoms with van der Waals surface area (Å²) >= 11 is 6.15. The highest BCUT2D eigenvalue weighted by atomic mass is 35.5. The SMILES string of the molecule is COc1ccc(CN(C(=O)CN(c2cc(Cl)ccc2OC)S(C)(=O)=O)[C@H](C)C(=O)NC2CCCCC2)cc1. The molecule has 0 saturated heterocycles. The summed E-state index contributed by atoms with van der Waals surface area (Å²) in [6, 6.07) is 10.9. The molecule has 1 N–H and O–H groups in total. The Morgan fingerprint density at radius 1 is 1.05 bits per heavy atom. The number of carbonyl (C=O) groups is 2. The maximum absolute atomic E-state index is 13.8. The van der Waals surface area contributed by atoms with E-state index in [1.54, 1.807) is 44.4 Å². The van der Waals surface area contributed by atoms with Gasteiger partial charge in [-0.1, -0.05) is 43.0 Å². The molecule has 2 aromatic carbocycles. The smallest absolute Gasteiger partial charge is 0.244 e. The van der Waals surface area contributed by atoms with Crippen molar-refractivity contribution in [2.75, 3.05) is 31.3 Å². The van der Waals surface area contributed by atoms with Crippen LogP contribution >= 0.6 is 11.6 Å². The predicted octanol–water partition coefficient (Wildman–Crippen LogP) is 3.99. The van der Waals surface area contributed by atoms with Gasteiger partial charge >= 0.3 is 0 Å². The number of hydrogen-bond acceptors (Lipinski definition) is 6. The number of carbonyl (C=O) groups excluding carboxylic acids is 2. The first kappa shape index (κ1) is 29.6. The maximum Gasteiger partial charge on any atom is 0.244 e. The third kappa shape index (κ3) is 7.77. The average Bonchev–Trinajstić information content (AvgIpc) is 2.90. The van der Waals surface area contributed by atoms with Gasteiger partial charge in [-0.3, -0.25) is 13.9 Å². The number of rotatable bonds is 11. The highest BCUT2D eigenvalue weighted by Crippen LogP contribution is 2.33. The van der Waals surface area contributed by atoms with E-state index >= 15 is 0 Å². The molecule has 208 valence electrons. The molecular weight excluding hydrogens is 530 g/mol. The van der Waals surface area contributed by atoms with E-state index in [9.17, 15) is 18.0 Å². The summed E-state index contributed by atoms with van der Waals surface area (Å²) in [4.78, 5) is 28.4. The van der Waals surface area contributed by atoms with Crippen molar-refractivity contribution in [1.29, 1.82) is 0 Å². The largest absolute Gasteiger partial charge is 0.497 e. The van der Waals surface area contributed by atoms with E-state index < -0.39 is 28.5 Å². The summed E-state index contributed by atoms with van der Waals surface area (Å²) in [5, 5.41) is 3.37. The van der Waals surface area contributed by atoms with E-state index in [1.165, 1.54) is 24.1 Å². The first-order chi connectivity index (χ1) is 18.0. The third-order valence-electron chi connectivity index (χ3n) is 6.72. The summed E-state index contributed by atoms with van der Waals surface area (Å²) in [5.41, 5.74) is 0.905. The average molecular weight is 566 g/mol. The second-order valence-corrected chi connectivity index (χ2v) is 11.8. The first-order valence-electron chi connectivity index (χ1n) is 12.6. The van der Waals surface area contributed by atoms with E-state index in [0.29, 0.717) is 5.75 Å². The van der Waals surface area contributed by atoms with Crippen LogP contribution in [0, 0.1) is 0 Å². The van der Waals surface area contributed by atoms with E-state index in [4.69, 9.17) is 21.1 Å². The number of anilines is 1. The van der Waals surface area contributed by atoms with Gasteiger partial charge in [0.05, 0.1) is 26.2 Å². The van der Waals surface area contributed by atoms with Crippen LogP contribution in [0.25, 0.3) is 0 Å². The lowest BCUT2D eigenvalue weighted by molar-refractivity contribution is -0.139. The van der Waals surface area contributed by atoms with Gasteiger partial charge in [0, 0.05) is 17.6 Å². The van der Waals surface area contributed by atoms with Crippen LogP contribution in [0.2, 0.25) is 5.02 Å². The van der Waals surface area contributed by atoms with E-state index in [0.717, 1.165) is 48.2 Å². The molecule has 1 aliphatic rings. The Bertz CT molecular complexity index is 1220. The van der Waals surface area contributed by atoms with Crippen molar-refractivity contribution >= 4 is 39.1 Å². The zero-order chi connectivity index (χ0) is 27.9. The Hall–Kier alpha value is -2.98. The predicted molar refractivity (Wildman–Crippen MR) is 148 cm³/mol. The normalized spacial score (nSPS) is 14.9. The second kappa shape index (κ2) is 13.2. The molecule has 2 aromatic rings. The quantitative estimate of drug-likeness (QED) is 0.442. The van der Waals surface area contributed by atoms with Crippen LogP contribution < -0.4 is 19.1 Å². The lowest BCUT2D eigenvalue weighted by Gasteiger charge is -2.33. The molecule has 0 heterocycles. The Labute approximate surface area is 230 Å². The van der Waals surface area contributed by atoms with Crippen LogP contribution in [0.1, 0.15) is 44.6 Å². The number of sulfonamides is 1. The molecular formula is C27H36ClN3O6S. The minimum atomic E-state index is -3.92. The van der Waals surface area contributed by atoms with Crippen LogP contribution in [-0.2, 0) is 26.2 Å². The molecule has 0 aromatic heterocycles. The minimum absolute atomic E-state index is 0.0693. The monoisotopic (exact) mass is 565 g/mol. The maximum atomic E-state index is 13.8. The number of ether oxygens (including phenoxy) is 2. The number of nitrogens with one attached hydrogen (secondary N) is 1. The molecule has 38 heavy (non-hydrogen) atoms. The summed E-state index contributed by atoms with van der Waals surface area (Å²) in [5.74, 6) is 0.0907. The Morgan fingerprint density at radius 2 is 1.71 bits per heavy atom. The Balaban J connectivity index is 1.92. The molecule has 0 spiro atoms. The summed E-state index contributed by atoms with van der Waals surface area (Å²) in [6.07, 6.45) is 6.08. The van der Waals surface area contributed by atoms with Crippen LogP contribution in [0.5, 0.6) is 11.5 Å². The molecule has 0 aliphatic heterocycles. The third-order valence-corrected chi connectivity index (χ3v) is 8.08. The zero-order valence-electron chi connectivity index (χ0n) is 22.3. The molecule has 1 saturated carbocycles. The van der Waals surface area contributed by atoms with Crippen LogP contribution in [0.4, 0.5) is 5.69 Å². The van der Waals surface area contributed by atoms with Crippen molar-refractivity contribution in [3.8, 4) is 11.5 Å². The van der Waals surface area contributed by atoms with Crippen molar-refractivity contribution in [1.82, 2.24) is 10.2 Å². The van der Waals surface area contributed by atoms with Crippen molar-refractivity contribution in [3.05, 3.63) is 53.1 Å². The molecule has 3 rings (SSSR count). The highest BCUT2D eigenvalue weighted by molar-refractivity contribution is 7.92. The van der Waals surface area contributed by atoms with Gasteiger partial charge in [0.2, 0.25) is 21.8 Å². The van der Waals surface area contributed by atoms with E-state index in [-0.39, 0.29) is 35.0 Å². The molecule has 0 bridgehead atoms. The summed E-state index contributed by atoms with van der Waals surface area (Å²) in [6.45, 7) is 1.23. The molecule has 11 heteroatoms. The van der Waals surface area contributed by atoms with Gasteiger partial charge in [0.25, 0.3) is 0 Å². The number of halogens is 1. The summed E-state index contributed by atoms with van der Waals surface area (Å²) in [7, 11) is -0.949. The van der Waals surface area contributed by atoms with Gasteiger partial charge < -0.3 is 19.7 Å². The molecule has 0 radical (unpaired) electrons. The van der Waals surface area contributed by atoms with Crippen molar-refractivity contribution in [2.45, 2.75) is 57.7 Å². The fourth-order valence-corrected chi connectivity index (χ4v) is 5.54. The number of hydrogen-bond donors (Lipinski definition) is 1. The Kier molecular flexibility index (Phi) is 10.3. The molecule has 1 fully saturated rings. The van der Waals surface area contributed by atoms with Gasteiger partial charge in [-0.15, -0.1) is 0 Å². The lowest BCUT2D eigenvalue weighted by Crippen LogP contribution is -2.53. The minimum Gasteiger partial charge on any atom is -0.497 e. The van der Waals surface area contributed by atoms with E-state index in [1.807, 2.05) is 0 Å². The van der Waals surface area contributed by atoms with Crippen molar-refractivity contribution in [2.24, 2.45) is 0 Å². The second-order valence-electron chi connectivity index (χ2n) is 9.48. The fraction of sp³-hybridized carbons (Fsp3) is 0.481. The topological polar surface area (TPSA) is 105 Å². The number of benzene rings is 2. The van der Waals surface area contributed by atoms with Crippen molar-refractivity contribution < 1.29 is 27.5 Å². The number of nitrogens with zero attached hydrogens (tertiary/aromatic N) is 2. The van der Waals surface area contributed by atoms with E-state index in [2.05, 4.69) is 5.32 Å². The van der Waals surface area contributed by atoms with Gasteiger partial charge in [-0.05, 0) is 55.7 Å². The zero-order valence-corrected chi connectivity index (χ0v) is 23.8. The van der Waals surface area contributed by atoms with Crippen LogP contribution in [0.3, 0.4) is 0 Å². The van der Waals surface area contributed by atoms with Crippen LogP contribution in [-0.4, -0.2) is 64.2 Å². The number of amides is 2. The lowest BCUT2D eigenvalue weighted by atomic mass is 9.95. The molecule has 9 nitrogen and oxygen atoms in total. The Morgan fingerprint density at radius 3 is 2.29 bits per heavy atom. The standard InChI is InChI=1S/C27H36ClN3O6S/c1-19(27(33)29-22-8-6-5-7-9-22)30(17-20-10-13-23(36-2)14-11-20)26(32)18-31(38(4,34)35)24-16-21(28)12-15-25(24)37-3/h10-16,19,22H,5-9,17-18H2,1-4H3,(H,29,33)/t19-/m1/s1. The van der Waals surface area contributed by atoms with Gasteiger partial charge in [-0.2, -0.15) is 0 Å². The fourth-order valence-electron chi connectivity index (χ4n) is 4.53. The molecule has 2 amide bonds. The van der Waals surface area contributed by atoms with Gasteiger partial charge in [0.1, 0.15) is 24.1 Å². The molecule has 0 unspecified atom stereocenters. The van der Waals surface area contributed by atoms with Gasteiger partial charge in [-0.25, -0.2) is 8.42 Å². The summed E-state index contributed by atoms with van der Waals surface area (Å²) < 4.78 is 37.2. The van der Waals surface area contributed by atoms with Crippen molar-refractivity contribution in [3.63, 3.8) is 0 Å². The molecule has 1 aliphatic carbocycles. The van der Waals surface area contributed by atoms with Crippen LogP contribution in [0.15, 0.2) is 42.5 Å². The number of methoxy groups -OCH3 is 2. The highest BCUT2D eigenvalue weighted by Gasteiger charge is 2.32.